The highest BCUT2D eigenvalue weighted by Crippen LogP contribution is 2.36. The normalized spacial score (nSPS) is 12.7. The molecule has 5 heteroatoms. The molecule has 2 rings (SSSR count). The first kappa shape index (κ1) is 14.0. The Morgan fingerprint density at radius 3 is 2.67 bits per heavy atom. The van der Waals surface area contributed by atoms with Gasteiger partial charge in [-0.1, -0.05) is 17.7 Å². The summed E-state index contributed by atoms with van der Waals surface area (Å²) in [7, 11) is 1.87. The molecule has 0 aliphatic rings. The Labute approximate surface area is 123 Å². The first-order valence-corrected chi connectivity index (χ1v) is 7.45. The molecule has 0 saturated carbocycles. The fourth-order valence-electron chi connectivity index (χ4n) is 1.79. The maximum absolute atomic E-state index is 13.3. The zero-order valence-corrected chi connectivity index (χ0v) is 13.1. The van der Waals surface area contributed by atoms with Crippen LogP contribution in [0, 0.1) is 12.7 Å². The van der Waals surface area contributed by atoms with Gasteiger partial charge in [0.15, 0.2) is 0 Å². The molecule has 0 spiro atoms. The fraction of sp³-hybridized carbons (Fsp3) is 0.231. The van der Waals surface area contributed by atoms with E-state index in [4.69, 9.17) is 11.6 Å². The molecule has 0 bridgehead atoms. The second kappa shape index (κ2) is 5.70. The van der Waals surface area contributed by atoms with Crippen molar-refractivity contribution in [1.82, 2.24) is 5.32 Å². The molecule has 0 aliphatic heterocycles. The molecule has 1 heterocycles. The Morgan fingerprint density at radius 2 is 2.17 bits per heavy atom. The van der Waals surface area contributed by atoms with Crippen LogP contribution in [-0.2, 0) is 0 Å². The van der Waals surface area contributed by atoms with Crippen LogP contribution in [0.5, 0.6) is 0 Å². The Morgan fingerprint density at radius 1 is 1.44 bits per heavy atom. The molecule has 0 fully saturated rings. The first-order chi connectivity index (χ1) is 8.54. The highest BCUT2D eigenvalue weighted by Gasteiger charge is 2.19. The standard InChI is InChI=1S/C13H12BrClFNS/c1-7-6-18-13(11(7)15)12(17-2)8-3-4-10(16)9(14)5-8/h3-6,12,17H,1-2H3. The maximum atomic E-state index is 13.3. The SMILES string of the molecule is CNC(c1ccc(F)c(Br)c1)c1scc(C)c1Cl. The third kappa shape index (κ3) is 2.62. The smallest absolute Gasteiger partial charge is 0.137 e. The first-order valence-electron chi connectivity index (χ1n) is 5.40. The Balaban J connectivity index is 2.45. The minimum absolute atomic E-state index is 0.0203. The van der Waals surface area contributed by atoms with Crippen molar-refractivity contribution in [3.05, 3.63) is 54.9 Å². The third-order valence-corrected chi connectivity index (χ3v) is 5.14. The lowest BCUT2D eigenvalue weighted by atomic mass is 10.1. The molecular formula is C13H12BrClFNS. The lowest BCUT2D eigenvalue weighted by molar-refractivity contribution is 0.617. The van der Waals surface area contributed by atoms with E-state index in [1.807, 2.05) is 19.4 Å². The largest absolute Gasteiger partial charge is 0.309 e. The molecule has 0 saturated heterocycles. The van der Waals surface area contributed by atoms with Crippen molar-refractivity contribution in [2.24, 2.45) is 0 Å². The van der Waals surface area contributed by atoms with Gasteiger partial charge in [-0.05, 0) is 58.5 Å². The van der Waals surface area contributed by atoms with Crippen LogP contribution in [0.1, 0.15) is 22.0 Å². The van der Waals surface area contributed by atoms with Crippen LogP contribution < -0.4 is 5.32 Å². The van der Waals surface area contributed by atoms with Crippen LogP contribution in [0.25, 0.3) is 0 Å². The number of thiophene rings is 1. The molecule has 1 unspecified atom stereocenters. The highest BCUT2D eigenvalue weighted by molar-refractivity contribution is 9.10. The monoisotopic (exact) mass is 347 g/mol. The fourth-order valence-corrected chi connectivity index (χ4v) is 3.62. The van der Waals surface area contributed by atoms with Gasteiger partial charge in [0, 0.05) is 4.88 Å². The Hall–Kier alpha value is -0.420. The van der Waals surface area contributed by atoms with Crippen molar-refractivity contribution >= 4 is 38.9 Å². The topological polar surface area (TPSA) is 12.0 Å². The average molecular weight is 349 g/mol. The summed E-state index contributed by atoms with van der Waals surface area (Å²) < 4.78 is 13.7. The molecule has 1 aromatic carbocycles. The molecule has 0 aliphatic carbocycles. The average Bonchev–Trinajstić information content (AvgIpc) is 2.67. The predicted octanol–water partition coefficient (Wildman–Crippen LogP) is 4.92. The Kier molecular flexibility index (Phi) is 4.43. The van der Waals surface area contributed by atoms with Crippen LogP contribution >= 0.6 is 38.9 Å². The number of aryl methyl sites for hydroxylation is 1. The molecular weight excluding hydrogens is 337 g/mol. The number of hydrogen-bond donors (Lipinski definition) is 1. The molecule has 1 N–H and O–H groups in total. The predicted molar refractivity (Wildman–Crippen MR) is 79.1 cm³/mol. The third-order valence-electron chi connectivity index (χ3n) is 2.75. The van der Waals surface area contributed by atoms with Crippen molar-refractivity contribution in [3.8, 4) is 0 Å². The van der Waals surface area contributed by atoms with E-state index in [2.05, 4.69) is 21.2 Å². The van der Waals surface area contributed by atoms with Gasteiger partial charge in [0.25, 0.3) is 0 Å². The van der Waals surface area contributed by atoms with Gasteiger partial charge in [0.1, 0.15) is 5.82 Å². The van der Waals surface area contributed by atoms with Crippen molar-refractivity contribution in [3.63, 3.8) is 0 Å². The molecule has 1 aromatic heterocycles. The summed E-state index contributed by atoms with van der Waals surface area (Å²) in [5, 5.41) is 6.02. The molecule has 1 nitrogen and oxygen atoms in total. The van der Waals surface area contributed by atoms with Crippen LogP contribution in [0.15, 0.2) is 28.1 Å². The summed E-state index contributed by atoms with van der Waals surface area (Å²) in [5.74, 6) is -0.262. The summed E-state index contributed by atoms with van der Waals surface area (Å²) in [5.41, 5.74) is 2.05. The van der Waals surface area contributed by atoms with Crippen LogP contribution in [0.2, 0.25) is 5.02 Å². The van der Waals surface area contributed by atoms with Gasteiger partial charge < -0.3 is 5.32 Å². The quantitative estimate of drug-likeness (QED) is 0.830. The van der Waals surface area contributed by atoms with Crippen LogP contribution in [0.3, 0.4) is 0 Å². The molecule has 96 valence electrons. The molecule has 18 heavy (non-hydrogen) atoms. The maximum Gasteiger partial charge on any atom is 0.137 e. The van der Waals surface area contributed by atoms with Crippen molar-refractivity contribution in [2.75, 3.05) is 7.05 Å². The molecule has 0 amide bonds. The Bertz CT molecular complexity index is 570. The van der Waals surface area contributed by atoms with Crippen molar-refractivity contribution < 1.29 is 4.39 Å². The van der Waals surface area contributed by atoms with E-state index in [1.165, 1.54) is 6.07 Å². The van der Waals surface area contributed by atoms with Crippen LogP contribution in [-0.4, -0.2) is 7.05 Å². The molecule has 2 aromatic rings. The van der Waals surface area contributed by atoms with E-state index in [1.54, 1.807) is 23.5 Å². The zero-order valence-electron chi connectivity index (χ0n) is 9.93. The van der Waals surface area contributed by atoms with E-state index < -0.39 is 0 Å². The van der Waals surface area contributed by atoms with Crippen LogP contribution in [0.4, 0.5) is 4.39 Å². The number of benzene rings is 1. The zero-order chi connectivity index (χ0) is 13.3. The lowest BCUT2D eigenvalue weighted by Gasteiger charge is -2.16. The van der Waals surface area contributed by atoms with Crippen molar-refractivity contribution in [1.29, 1.82) is 0 Å². The number of halogens is 3. The van der Waals surface area contributed by atoms with E-state index in [0.717, 1.165) is 21.0 Å². The van der Waals surface area contributed by atoms with Gasteiger partial charge in [-0.25, -0.2) is 4.39 Å². The second-order valence-electron chi connectivity index (χ2n) is 3.99. The van der Waals surface area contributed by atoms with E-state index >= 15 is 0 Å². The number of nitrogens with one attached hydrogen (secondary N) is 1. The lowest BCUT2D eigenvalue weighted by Crippen LogP contribution is -2.17. The van der Waals surface area contributed by atoms with E-state index in [0.29, 0.717) is 4.47 Å². The van der Waals surface area contributed by atoms with Gasteiger partial charge in [-0.2, -0.15) is 0 Å². The van der Waals surface area contributed by atoms with Gasteiger partial charge in [-0.15, -0.1) is 11.3 Å². The summed E-state index contributed by atoms with van der Waals surface area (Å²) >= 11 is 11.1. The van der Waals surface area contributed by atoms with Crippen molar-refractivity contribution in [2.45, 2.75) is 13.0 Å². The van der Waals surface area contributed by atoms with Gasteiger partial charge >= 0.3 is 0 Å². The summed E-state index contributed by atoms with van der Waals surface area (Å²) in [6, 6.07) is 4.99. The van der Waals surface area contributed by atoms with E-state index in [9.17, 15) is 4.39 Å². The van der Waals surface area contributed by atoms with E-state index in [-0.39, 0.29) is 11.9 Å². The van der Waals surface area contributed by atoms with Gasteiger partial charge in [0.2, 0.25) is 0 Å². The minimum Gasteiger partial charge on any atom is -0.309 e. The molecule has 0 radical (unpaired) electrons. The summed E-state index contributed by atoms with van der Waals surface area (Å²) in [6.45, 7) is 1.98. The van der Waals surface area contributed by atoms with Gasteiger partial charge in [0.05, 0.1) is 15.5 Å². The number of rotatable bonds is 3. The van der Waals surface area contributed by atoms with Gasteiger partial charge in [-0.3, -0.25) is 0 Å². The summed E-state index contributed by atoms with van der Waals surface area (Å²) in [4.78, 5) is 1.05. The summed E-state index contributed by atoms with van der Waals surface area (Å²) in [6.07, 6.45) is 0. The minimum atomic E-state index is -0.262. The second-order valence-corrected chi connectivity index (χ2v) is 6.14. The molecule has 1 atom stereocenters. The number of hydrogen-bond acceptors (Lipinski definition) is 2. The highest BCUT2D eigenvalue weighted by atomic mass is 79.9.